The zero-order valence-corrected chi connectivity index (χ0v) is 16.9. The van der Waals surface area contributed by atoms with Gasteiger partial charge in [-0.05, 0) is 48.7 Å². The van der Waals surface area contributed by atoms with Gasteiger partial charge in [0, 0.05) is 6.08 Å². The van der Waals surface area contributed by atoms with E-state index in [0.717, 1.165) is 10.8 Å². The van der Waals surface area contributed by atoms with Gasteiger partial charge in [-0.2, -0.15) is 0 Å². The van der Waals surface area contributed by atoms with Crippen molar-refractivity contribution in [1.82, 2.24) is 9.71 Å². The smallest absolute Gasteiger partial charge is 0.248 e. The zero-order valence-electron chi connectivity index (χ0n) is 15.2. The van der Waals surface area contributed by atoms with Crippen molar-refractivity contribution in [3.05, 3.63) is 48.2 Å². The predicted molar refractivity (Wildman–Crippen MR) is 108 cm³/mol. The molecule has 1 heterocycles. The van der Waals surface area contributed by atoms with Gasteiger partial charge in [0.1, 0.15) is 10.6 Å². The number of amides is 1. The Morgan fingerprint density at radius 3 is 2.67 bits per heavy atom. The molecule has 0 radical (unpaired) electrons. The van der Waals surface area contributed by atoms with Crippen molar-refractivity contribution in [2.24, 2.45) is 0 Å². The lowest BCUT2D eigenvalue weighted by Gasteiger charge is -2.09. The van der Waals surface area contributed by atoms with Gasteiger partial charge in [-0.25, -0.2) is 18.1 Å². The molecular formula is C18H21N3O4S2. The molecule has 2 aromatic rings. The van der Waals surface area contributed by atoms with E-state index >= 15 is 0 Å². The molecule has 1 amide bonds. The van der Waals surface area contributed by atoms with E-state index < -0.39 is 10.0 Å². The summed E-state index contributed by atoms with van der Waals surface area (Å²) in [6, 6.07) is 8.26. The fourth-order valence-electron chi connectivity index (χ4n) is 2.16. The molecule has 0 atom stereocenters. The summed E-state index contributed by atoms with van der Waals surface area (Å²) in [7, 11) is -0.963. The Labute approximate surface area is 163 Å². The fourth-order valence-corrected chi connectivity index (χ4v) is 3.67. The van der Waals surface area contributed by atoms with Crippen molar-refractivity contribution in [3.63, 3.8) is 0 Å². The number of sulfonamides is 1. The average Bonchev–Trinajstić information content (AvgIpc) is 2.68. The molecule has 0 aliphatic heterocycles. The minimum Gasteiger partial charge on any atom is -0.495 e. The standard InChI is InChI=1S/C18H21N3O4S2/c1-4-26-18-10-7-14(12-20-18)21-17(22)9-6-13-5-8-15(25-3)16(11-13)27(23,24)19-2/h5-12,19H,4H2,1-3H3,(H,21,22)/b9-6+. The summed E-state index contributed by atoms with van der Waals surface area (Å²) in [5.74, 6) is 0.803. The molecule has 2 N–H and O–H groups in total. The summed E-state index contributed by atoms with van der Waals surface area (Å²) in [4.78, 5) is 16.3. The summed E-state index contributed by atoms with van der Waals surface area (Å²) in [6.07, 6.45) is 4.44. The summed E-state index contributed by atoms with van der Waals surface area (Å²) in [6.45, 7) is 2.04. The van der Waals surface area contributed by atoms with Crippen LogP contribution in [0.4, 0.5) is 5.69 Å². The third kappa shape index (κ3) is 5.81. The number of ether oxygens (including phenoxy) is 1. The van der Waals surface area contributed by atoms with Gasteiger partial charge in [0.2, 0.25) is 15.9 Å². The van der Waals surface area contributed by atoms with Crippen LogP contribution in [0.1, 0.15) is 12.5 Å². The second kappa shape index (κ2) is 9.54. The summed E-state index contributed by atoms with van der Waals surface area (Å²) >= 11 is 1.62. The summed E-state index contributed by atoms with van der Waals surface area (Å²) < 4.78 is 31.5. The molecule has 0 spiro atoms. The van der Waals surface area contributed by atoms with E-state index in [0.29, 0.717) is 11.3 Å². The Bertz CT molecular complexity index is 926. The van der Waals surface area contributed by atoms with Gasteiger partial charge >= 0.3 is 0 Å². The van der Waals surface area contributed by atoms with Gasteiger partial charge in [-0.3, -0.25) is 4.79 Å². The summed E-state index contributed by atoms with van der Waals surface area (Å²) in [5.41, 5.74) is 1.13. The Hall–Kier alpha value is -2.36. The second-order valence-corrected chi connectivity index (χ2v) is 8.40. The highest BCUT2D eigenvalue weighted by Crippen LogP contribution is 2.25. The Kier molecular flexibility index (Phi) is 7.40. The number of rotatable bonds is 8. The summed E-state index contributed by atoms with van der Waals surface area (Å²) in [5, 5.41) is 3.60. The van der Waals surface area contributed by atoms with Crippen LogP contribution in [0, 0.1) is 0 Å². The first-order chi connectivity index (χ1) is 12.9. The second-order valence-electron chi connectivity index (χ2n) is 5.26. The van der Waals surface area contributed by atoms with Crippen LogP contribution in [-0.4, -0.2) is 39.2 Å². The van der Waals surface area contributed by atoms with E-state index in [2.05, 4.69) is 15.0 Å². The molecule has 144 valence electrons. The molecule has 0 unspecified atom stereocenters. The number of thioether (sulfide) groups is 1. The molecule has 2 rings (SSSR count). The lowest BCUT2D eigenvalue weighted by atomic mass is 10.2. The number of pyridine rings is 1. The van der Waals surface area contributed by atoms with E-state index in [1.807, 2.05) is 13.0 Å². The monoisotopic (exact) mass is 407 g/mol. The van der Waals surface area contributed by atoms with Gasteiger partial charge in [0.25, 0.3) is 0 Å². The lowest BCUT2D eigenvalue weighted by Crippen LogP contribution is -2.19. The molecule has 7 nitrogen and oxygen atoms in total. The van der Waals surface area contributed by atoms with Crippen molar-refractivity contribution in [3.8, 4) is 5.75 Å². The van der Waals surface area contributed by atoms with Crippen molar-refractivity contribution < 1.29 is 17.9 Å². The Balaban J connectivity index is 2.12. The van der Waals surface area contributed by atoms with Gasteiger partial charge < -0.3 is 10.1 Å². The molecule has 1 aromatic carbocycles. The van der Waals surface area contributed by atoms with Gasteiger partial charge in [0.05, 0.1) is 24.0 Å². The molecule has 0 bridgehead atoms. The average molecular weight is 408 g/mol. The van der Waals surface area contributed by atoms with E-state index in [9.17, 15) is 13.2 Å². The van der Waals surface area contributed by atoms with Crippen LogP contribution < -0.4 is 14.8 Å². The van der Waals surface area contributed by atoms with E-state index in [-0.39, 0.29) is 16.6 Å². The molecule has 9 heteroatoms. The molecular weight excluding hydrogens is 386 g/mol. The SMILES string of the molecule is CCSc1ccc(NC(=O)/C=C/c2ccc(OC)c(S(=O)(=O)NC)c2)cn1. The maximum atomic E-state index is 12.1. The number of aromatic nitrogens is 1. The van der Waals surface area contributed by atoms with Crippen LogP contribution in [-0.2, 0) is 14.8 Å². The number of hydrogen-bond acceptors (Lipinski definition) is 6. The lowest BCUT2D eigenvalue weighted by molar-refractivity contribution is -0.111. The van der Waals surface area contributed by atoms with Crippen molar-refractivity contribution >= 4 is 39.5 Å². The highest BCUT2D eigenvalue weighted by atomic mass is 32.2. The van der Waals surface area contributed by atoms with Crippen LogP contribution in [0.3, 0.4) is 0 Å². The highest BCUT2D eigenvalue weighted by molar-refractivity contribution is 7.99. The van der Waals surface area contributed by atoms with E-state index in [1.165, 1.54) is 38.4 Å². The van der Waals surface area contributed by atoms with E-state index in [1.54, 1.807) is 30.1 Å². The minimum absolute atomic E-state index is 0.00303. The maximum absolute atomic E-state index is 12.1. The minimum atomic E-state index is -3.68. The van der Waals surface area contributed by atoms with Crippen LogP contribution in [0.15, 0.2) is 52.5 Å². The molecule has 27 heavy (non-hydrogen) atoms. The third-order valence-electron chi connectivity index (χ3n) is 3.47. The van der Waals surface area contributed by atoms with Crippen LogP contribution in [0.2, 0.25) is 0 Å². The van der Waals surface area contributed by atoms with Gasteiger partial charge in [-0.1, -0.05) is 13.0 Å². The quantitative estimate of drug-likeness (QED) is 0.516. The number of carbonyl (C=O) groups is 1. The molecule has 1 aromatic heterocycles. The third-order valence-corrected chi connectivity index (χ3v) is 5.73. The number of nitrogens with zero attached hydrogens (tertiary/aromatic N) is 1. The van der Waals surface area contributed by atoms with Gasteiger partial charge in [-0.15, -0.1) is 11.8 Å². The molecule has 0 aliphatic rings. The number of nitrogens with one attached hydrogen (secondary N) is 2. The Morgan fingerprint density at radius 1 is 1.30 bits per heavy atom. The fraction of sp³-hybridized carbons (Fsp3) is 0.222. The number of anilines is 1. The predicted octanol–water partition coefficient (Wildman–Crippen LogP) is 2.76. The van der Waals surface area contributed by atoms with Crippen LogP contribution in [0.25, 0.3) is 6.08 Å². The molecule has 0 saturated heterocycles. The van der Waals surface area contributed by atoms with Gasteiger partial charge in [0.15, 0.2) is 0 Å². The van der Waals surface area contributed by atoms with E-state index in [4.69, 9.17) is 4.74 Å². The first-order valence-electron chi connectivity index (χ1n) is 8.09. The Morgan fingerprint density at radius 2 is 2.07 bits per heavy atom. The van der Waals surface area contributed by atoms with Crippen LogP contribution in [0.5, 0.6) is 5.75 Å². The number of hydrogen-bond donors (Lipinski definition) is 2. The molecule has 0 saturated carbocycles. The highest BCUT2D eigenvalue weighted by Gasteiger charge is 2.17. The molecule has 0 fully saturated rings. The maximum Gasteiger partial charge on any atom is 0.248 e. The van der Waals surface area contributed by atoms with Crippen molar-refractivity contribution in [1.29, 1.82) is 0 Å². The number of carbonyl (C=O) groups excluding carboxylic acids is 1. The first-order valence-corrected chi connectivity index (χ1v) is 10.6. The van der Waals surface area contributed by atoms with Crippen LogP contribution >= 0.6 is 11.8 Å². The van der Waals surface area contributed by atoms with Crippen molar-refractivity contribution in [2.45, 2.75) is 16.8 Å². The molecule has 0 aliphatic carbocycles. The largest absolute Gasteiger partial charge is 0.495 e. The first kappa shape index (κ1) is 20.9. The topological polar surface area (TPSA) is 97.4 Å². The number of benzene rings is 1. The van der Waals surface area contributed by atoms with Crippen molar-refractivity contribution in [2.75, 3.05) is 25.2 Å². The normalized spacial score (nSPS) is 11.5. The number of methoxy groups -OCH3 is 1. The zero-order chi connectivity index (χ0) is 19.9.